The molecule has 128 valence electrons. The Hall–Kier alpha value is -1.86. The summed E-state index contributed by atoms with van der Waals surface area (Å²) in [5.74, 6) is -1.66. The van der Waals surface area contributed by atoms with Gasteiger partial charge in [-0.1, -0.05) is 0 Å². The Morgan fingerprint density at radius 2 is 1.96 bits per heavy atom. The lowest BCUT2D eigenvalue weighted by Crippen LogP contribution is -2.20. The van der Waals surface area contributed by atoms with E-state index in [2.05, 4.69) is 30.9 Å². The quantitative estimate of drug-likeness (QED) is 0.503. The Labute approximate surface area is 156 Å². The van der Waals surface area contributed by atoms with Crippen molar-refractivity contribution in [2.75, 3.05) is 11.4 Å². The summed E-state index contributed by atoms with van der Waals surface area (Å²) < 4.78 is 29.3. The number of hydrogen-bond acceptors (Lipinski definition) is 4. The molecule has 0 spiro atoms. The van der Waals surface area contributed by atoms with Gasteiger partial charge in [0, 0.05) is 17.2 Å². The minimum absolute atomic E-state index is 0.0118. The maximum Gasteiger partial charge on any atom is 0.224 e. The molecule has 4 rings (SSSR count). The van der Waals surface area contributed by atoms with Crippen LogP contribution < -0.4 is 4.90 Å². The summed E-state index contributed by atoms with van der Waals surface area (Å²) in [5.41, 5.74) is 2.14. The number of benzene rings is 1. The maximum absolute atomic E-state index is 14.6. The van der Waals surface area contributed by atoms with E-state index in [9.17, 15) is 8.78 Å². The van der Waals surface area contributed by atoms with Crippen molar-refractivity contribution in [3.05, 3.63) is 51.5 Å². The van der Waals surface area contributed by atoms with E-state index >= 15 is 0 Å². The first kappa shape index (κ1) is 16.6. The molecule has 0 saturated carbocycles. The Morgan fingerprint density at radius 3 is 2.80 bits per heavy atom. The van der Waals surface area contributed by atoms with E-state index in [1.54, 1.807) is 12.4 Å². The maximum atomic E-state index is 14.6. The largest absolute Gasteiger partial charge is 0.324 e. The topological polar surface area (TPSA) is 41.9 Å². The average Bonchev–Trinajstić information content (AvgIpc) is 2.81. The van der Waals surface area contributed by atoms with E-state index in [1.807, 2.05) is 4.90 Å². The molecule has 0 aliphatic carbocycles. The van der Waals surface area contributed by atoms with Gasteiger partial charge in [0.1, 0.15) is 5.82 Å². The van der Waals surface area contributed by atoms with Gasteiger partial charge in [-0.2, -0.15) is 4.98 Å². The van der Waals surface area contributed by atoms with Crippen LogP contribution in [0.4, 0.5) is 20.3 Å². The molecule has 0 radical (unpaired) electrons. The van der Waals surface area contributed by atoms with Gasteiger partial charge >= 0.3 is 0 Å². The van der Waals surface area contributed by atoms with Crippen molar-refractivity contribution in [3.8, 4) is 0 Å². The number of nitrogens with zero attached hydrogens (tertiary/aromatic N) is 4. The van der Waals surface area contributed by atoms with Crippen LogP contribution in [0.3, 0.4) is 0 Å². The molecule has 0 saturated heterocycles. The molecule has 1 aliphatic rings. The number of pyridine rings is 1. The Bertz CT molecular complexity index is 983. The molecule has 0 N–H and O–H groups in total. The predicted octanol–water partition coefficient (Wildman–Crippen LogP) is 5.19. The Balaban J connectivity index is 2.02. The molecule has 0 unspecified atom stereocenters. The fraction of sp³-hybridized carbons (Fsp3) is 0.235. The third-order valence-electron chi connectivity index (χ3n) is 4.29. The summed E-state index contributed by atoms with van der Waals surface area (Å²) in [6, 6.07) is 2.45. The standard InChI is InChI=1S/C17H12BrClF2N4/c18-10-7-22-8-13-9(10)3-1-2-6-25(13)16-14-12(23-17(19)24-16)5-4-11(20)15(14)21/h4-5,7-8H,1-3,6H2. The van der Waals surface area contributed by atoms with Crippen LogP contribution in [-0.4, -0.2) is 21.5 Å². The van der Waals surface area contributed by atoms with Crippen LogP contribution in [0.25, 0.3) is 10.9 Å². The zero-order valence-corrected chi connectivity index (χ0v) is 15.3. The lowest BCUT2D eigenvalue weighted by Gasteiger charge is -2.25. The lowest BCUT2D eigenvalue weighted by atomic mass is 10.1. The summed E-state index contributed by atoms with van der Waals surface area (Å²) in [7, 11) is 0. The Morgan fingerprint density at radius 1 is 1.12 bits per heavy atom. The zero-order chi connectivity index (χ0) is 17.6. The van der Waals surface area contributed by atoms with Crippen molar-refractivity contribution in [1.82, 2.24) is 15.0 Å². The molecule has 8 heteroatoms. The molecule has 0 bridgehead atoms. The molecular formula is C17H12BrClF2N4. The third kappa shape index (κ3) is 2.85. The van der Waals surface area contributed by atoms with Crippen molar-refractivity contribution in [1.29, 1.82) is 0 Å². The van der Waals surface area contributed by atoms with Crippen molar-refractivity contribution >= 4 is 49.9 Å². The fourth-order valence-corrected chi connectivity index (χ4v) is 3.84. The molecule has 1 aliphatic heterocycles. The molecule has 4 nitrogen and oxygen atoms in total. The zero-order valence-electron chi connectivity index (χ0n) is 12.9. The predicted molar refractivity (Wildman–Crippen MR) is 96.3 cm³/mol. The van der Waals surface area contributed by atoms with Gasteiger partial charge in [-0.05, 0) is 64.5 Å². The molecule has 2 aromatic heterocycles. The third-order valence-corrected chi connectivity index (χ3v) is 5.15. The van der Waals surface area contributed by atoms with E-state index < -0.39 is 11.6 Å². The molecule has 25 heavy (non-hydrogen) atoms. The first-order chi connectivity index (χ1) is 12.1. The molecule has 3 aromatic rings. The monoisotopic (exact) mass is 424 g/mol. The van der Waals surface area contributed by atoms with Gasteiger partial charge in [0.25, 0.3) is 0 Å². The molecule has 3 heterocycles. The van der Waals surface area contributed by atoms with Crippen LogP contribution in [0.1, 0.15) is 18.4 Å². The average molecular weight is 426 g/mol. The van der Waals surface area contributed by atoms with Gasteiger partial charge < -0.3 is 4.90 Å². The molecule has 0 atom stereocenters. The van der Waals surface area contributed by atoms with E-state index in [0.29, 0.717) is 6.54 Å². The van der Waals surface area contributed by atoms with Gasteiger partial charge in [-0.25, -0.2) is 13.8 Å². The summed E-state index contributed by atoms with van der Waals surface area (Å²) >= 11 is 9.57. The molecule has 1 aromatic carbocycles. The van der Waals surface area contributed by atoms with Crippen LogP contribution >= 0.6 is 27.5 Å². The molecular weight excluding hydrogens is 414 g/mol. The molecule has 0 fully saturated rings. The summed E-state index contributed by atoms with van der Waals surface area (Å²) in [5, 5.41) is 0.0134. The normalized spacial score (nSPS) is 14.5. The number of aromatic nitrogens is 3. The first-order valence-electron chi connectivity index (χ1n) is 7.77. The summed E-state index contributed by atoms with van der Waals surface area (Å²) in [4.78, 5) is 14.3. The highest BCUT2D eigenvalue weighted by Crippen LogP contribution is 2.38. The highest BCUT2D eigenvalue weighted by atomic mass is 79.9. The first-order valence-corrected chi connectivity index (χ1v) is 8.94. The lowest BCUT2D eigenvalue weighted by molar-refractivity contribution is 0.516. The minimum atomic E-state index is -0.974. The Kier molecular flexibility index (Phi) is 4.29. The fourth-order valence-electron chi connectivity index (χ4n) is 3.15. The smallest absolute Gasteiger partial charge is 0.224 e. The van der Waals surface area contributed by atoms with Gasteiger partial charge in [0.2, 0.25) is 5.28 Å². The number of fused-ring (bicyclic) bond motifs is 2. The highest BCUT2D eigenvalue weighted by molar-refractivity contribution is 9.10. The van der Waals surface area contributed by atoms with Crippen LogP contribution in [0.2, 0.25) is 5.28 Å². The van der Waals surface area contributed by atoms with Gasteiger partial charge in [-0.15, -0.1) is 0 Å². The number of rotatable bonds is 1. The van der Waals surface area contributed by atoms with Gasteiger partial charge in [0.15, 0.2) is 11.6 Å². The van der Waals surface area contributed by atoms with Crippen LogP contribution in [-0.2, 0) is 6.42 Å². The van der Waals surface area contributed by atoms with E-state index in [-0.39, 0.29) is 22.0 Å². The van der Waals surface area contributed by atoms with Gasteiger partial charge in [0.05, 0.1) is 22.8 Å². The second-order valence-corrected chi connectivity index (χ2v) is 6.99. The summed E-state index contributed by atoms with van der Waals surface area (Å²) in [6.07, 6.45) is 6.15. The van der Waals surface area contributed by atoms with Gasteiger partial charge in [-0.3, -0.25) is 4.98 Å². The summed E-state index contributed by atoms with van der Waals surface area (Å²) in [6.45, 7) is 0.601. The van der Waals surface area contributed by atoms with E-state index in [4.69, 9.17) is 11.6 Å². The molecule has 0 amide bonds. The second kappa shape index (κ2) is 6.46. The number of hydrogen-bond donors (Lipinski definition) is 0. The van der Waals surface area contributed by atoms with Crippen molar-refractivity contribution in [3.63, 3.8) is 0 Å². The van der Waals surface area contributed by atoms with Crippen LogP contribution in [0, 0.1) is 11.6 Å². The van der Waals surface area contributed by atoms with Crippen molar-refractivity contribution in [2.45, 2.75) is 19.3 Å². The van der Waals surface area contributed by atoms with E-state index in [0.717, 1.165) is 41.1 Å². The van der Waals surface area contributed by atoms with Crippen molar-refractivity contribution < 1.29 is 8.78 Å². The van der Waals surface area contributed by atoms with Crippen LogP contribution in [0.5, 0.6) is 0 Å². The number of anilines is 2. The number of halogens is 4. The van der Waals surface area contributed by atoms with E-state index in [1.165, 1.54) is 6.07 Å². The minimum Gasteiger partial charge on any atom is -0.324 e. The van der Waals surface area contributed by atoms with Crippen LogP contribution in [0.15, 0.2) is 29.0 Å². The SMILES string of the molecule is Fc1ccc2nc(Cl)nc(N3CCCCc4c(Br)cncc43)c2c1F. The van der Waals surface area contributed by atoms with Crippen molar-refractivity contribution in [2.24, 2.45) is 0 Å². The second-order valence-electron chi connectivity index (χ2n) is 5.80. The highest BCUT2D eigenvalue weighted by Gasteiger charge is 2.25.